The Labute approximate surface area is 159 Å². The maximum Gasteiger partial charge on any atom is 0.238 e. The third-order valence-corrected chi connectivity index (χ3v) is 4.11. The van der Waals surface area contributed by atoms with E-state index in [0.29, 0.717) is 29.6 Å². The van der Waals surface area contributed by atoms with E-state index in [1.807, 2.05) is 49.4 Å². The highest BCUT2D eigenvalue weighted by Crippen LogP contribution is 2.22. The molecule has 0 heterocycles. The summed E-state index contributed by atoms with van der Waals surface area (Å²) in [5, 5.41) is 3.56. The van der Waals surface area contributed by atoms with Crippen molar-refractivity contribution in [2.24, 2.45) is 0 Å². The lowest BCUT2D eigenvalue weighted by atomic mass is 10.3. The summed E-state index contributed by atoms with van der Waals surface area (Å²) in [6.45, 7) is 4.50. The van der Waals surface area contributed by atoms with E-state index in [-0.39, 0.29) is 5.91 Å². The van der Waals surface area contributed by atoms with Crippen molar-refractivity contribution < 1.29 is 14.3 Å². The number of amides is 1. The first-order chi connectivity index (χ1) is 12.6. The van der Waals surface area contributed by atoms with Gasteiger partial charge in [0.1, 0.15) is 11.5 Å². The molecule has 140 valence electrons. The second kappa shape index (κ2) is 10.7. The molecule has 5 nitrogen and oxygen atoms in total. The number of methoxy groups -OCH3 is 1. The number of hydrogen-bond acceptors (Lipinski definition) is 4. The van der Waals surface area contributed by atoms with Crippen molar-refractivity contribution in [1.82, 2.24) is 4.90 Å². The number of anilines is 1. The molecule has 6 heteroatoms. The summed E-state index contributed by atoms with van der Waals surface area (Å²) in [5.74, 6) is 1.35. The zero-order chi connectivity index (χ0) is 18.8. The average molecular weight is 377 g/mol. The largest absolute Gasteiger partial charge is 0.495 e. The second-order valence-electron chi connectivity index (χ2n) is 5.78. The summed E-state index contributed by atoms with van der Waals surface area (Å²) in [5.41, 5.74) is 0.681. The van der Waals surface area contributed by atoms with Gasteiger partial charge in [0.05, 0.1) is 25.9 Å². The Hall–Kier alpha value is -2.24. The van der Waals surface area contributed by atoms with Gasteiger partial charge in [0.2, 0.25) is 5.91 Å². The number of halogens is 1. The van der Waals surface area contributed by atoms with Crippen LogP contribution in [0.5, 0.6) is 11.5 Å². The Kier molecular flexibility index (Phi) is 8.25. The normalized spacial score (nSPS) is 10.6. The Morgan fingerprint density at radius 3 is 2.73 bits per heavy atom. The lowest BCUT2D eigenvalue weighted by molar-refractivity contribution is -0.117. The Balaban J connectivity index is 1.75. The summed E-state index contributed by atoms with van der Waals surface area (Å²) in [6.07, 6.45) is 0.822. The number of rotatable bonds is 10. The quantitative estimate of drug-likeness (QED) is 0.635. The fraction of sp³-hybridized carbons (Fsp3) is 0.350. The first kappa shape index (κ1) is 20.1. The minimum atomic E-state index is -0.0629. The number of ether oxygens (including phenoxy) is 2. The van der Waals surface area contributed by atoms with Crippen LogP contribution in [-0.2, 0) is 4.79 Å². The van der Waals surface area contributed by atoms with Crippen molar-refractivity contribution in [3.05, 3.63) is 53.6 Å². The molecule has 2 rings (SSSR count). The van der Waals surface area contributed by atoms with Crippen molar-refractivity contribution in [1.29, 1.82) is 0 Å². The third kappa shape index (κ3) is 6.58. The molecule has 0 bridgehead atoms. The minimum absolute atomic E-state index is 0.0629. The van der Waals surface area contributed by atoms with Gasteiger partial charge in [-0.15, -0.1) is 0 Å². The van der Waals surface area contributed by atoms with E-state index in [1.165, 1.54) is 0 Å². The van der Waals surface area contributed by atoms with Gasteiger partial charge in [-0.1, -0.05) is 36.7 Å². The first-order valence-corrected chi connectivity index (χ1v) is 9.03. The van der Waals surface area contributed by atoms with E-state index in [0.717, 1.165) is 25.3 Å². The summed E-state index contributed by atoms with van der Waals surface area (Å²) >= 11 is 5.93. The molecule has 0 aliphatic rings. The smallest absolute Gasteiger partial charge is 0.238 e. The molecule has 1 N–H and O–H groups in total. The fourth-order valence-corrected chi connectivity index (χ4v) is 2.70. The molecule has 0 aromatic heterocycles. The molecule has 0 radical (unpaired) electrons. The number of likely N-dealkylation sites (N-methyl/N-ethyl adjacent to an activating group) is 1. The SMILES string of the molecule is CCN(CCCOc1cccc(Cl)c1)CC(=O)Nc1ccccc1OC. The van der Waals surface area contributed by atoms with Crippen LogP contribution < -0.4 is 14.8 Å². The predicted octanol–water partition coefficient (Wildman–Crippen LogP) is 4.08. The lowest BCUT2D eigenvalue weighted by Crippen LogP contribution is -2.34. The number of hydrogen-bond donors (Lipinski definition) is 1. The van der Waals surface area contributed by atoms with Crippen LogP contribution in [0.2, 0.25) is 5.02 Å². The molecule has 0 aliphatic heterocycles. The van der Waals surface area contributed by atoms with Crippen LogP contribution in [0, 0.1) is 0 Å². The standard InChI is InChI=1S/C20H25ClN2O3/c1-3-23(12-7-13-26-17-9-6-8-16(21)14-17)15-20(24)22-18-10-4-5-11-19(18)25-2/h4-6,8-11,14H,3,7,12-13,15H2,1-2H3,(H,22,24). The van der Waals surface area contributed by atoms with Crippen molar-refractivity contribution >= 4 is 23.2 Å². The van der Waals surface area contributed by atoms with Crippen LogP contribution in [0.25, 0.3) is 0 Å². The minimum Gasteiger partial charge on any atom is -0.495 e. The summed E-state index contributed by atoms with van der Waals surface area (Å²) in [4.78, 5) is 14.4. The summed E-state index contributed by atoms with van der Waals surface area (Å²) in [6, 6.07) is 14.7. The van der Waals surface area contributed by atoms with Crippen LogP contribution in [0.15, 0.2) is 48.5 Å². The van der Waals surface area contributed by atoms with E-state index in [9.17, 15) is 4.79 Å². The molecular formula is C20H25ClN2O3. The van der Waals surface area contributed by atoms with E-state index in [2.05, 4.69) is 10.2 Å². The van der Waals surface area contributed by atoms with Crippen molar-refractivity contribution in [3.8, 4) is 11.5 Å². The maximum atomic E-state index is 12.3. The average Bonchev–Trinajstić information content (AvgIpc) is 2.64. The van der Waals surface area contributed by atoms with Crippen LogP contribution >= 0.6 is 11.6 Å². The molecule has 26 heavy (non-hydrogen) atoms. The number of benzene rings is 2. The van der Waals surface area contributed by atoms with Crippen LogP contribution in [0.3, 0.4) is 0 Å². The van der Waals surface area contributed by atoms with Gasteiger partial charge in [0, 0.05) is 11.6 Å². The molecule has 0 aliphatic carbocycles. The molecular weight excluding hydrogens is 352 g/mol. The molecule has 0 fully saturated rings. The van der Waals surface area contributed by atoms with Gasteiger partial charge >= 0.3 is 0 Å². The van der Waals surface area contributed by atoms with Gasteiger partial charge < -0.3 is 14.8 Å². The summed E-state index contributed by atoms with van der Waals surface area (Å²) < 4.78 is 10.9. The zero-order valence-electron chi connectivity index (χ0n) is 15.2. The Bertz CT molecular complexity index is 709. The predicted molar refractivity (Wildman–Crippen MR) is 105 cm³/mol. The van der Waals surface area contributed by atoms with Crippen LogP contribution in [-0.4, -0.2) is 44.2 Å². The van der Waals surface area contributed by atoms with Crippen LogP contribution in [0.4, 0.5) is 5.69 Å². The molecule has 1 amide bonds. The third-order valence-electron chi connectivity index (χ3n) is 3.88. The van der Waals surface area contributed by atoms with Crippen LogP contribution in [0.1, 0.15) is 13.3 Å². The monoisotopic (exact) mass is 376 g/mol. The molecule has 0 unspecified atom stereocenters. The van der Waals surface area contributed by atoms with Crippen molar-refractivity contribution in [2.75, 3.05) is 38.7 Å². The fourth-order valence-electron chi connectivity index (χ4n) is 2.52. The van der Waals surface area contributed by atoms with Gasteiger partial charge in [0.15, 0.2) is 0 Å². The maximum absolute atomic E-state index is 12.3. The number of para-hydroxylation sites is 2. The van der Waals surface area contributed by atoms with E-state index < -0.39 is 0 Å². The van der Waals surface area contributed by atoms with Crippen molar-refractivity contribution in [2.45, 2.75) is 13.3 Å². The number of nitrogens with one attached hydrogen (secondary N) is 1. The zero-order valence-corrected chi connectivity index (χ0v) is 16.0. The molecule has 0 spiro atoms. The number of carbonyl (C=O) groups is 1. The molecule has 0 saturated carbocycles. The Morgan fingerprint density at radius 1 is 1.19 bits per heavy atom. The first-order valence-electron chi connectivity index (χ1n) is 8.66. The lowest BCUT2D eigenvalue weighted by Gasteiger charge is -2.20. The van der Waals surface area contributed by atoms with Gasteiger partial charge in [-0.25, -0.2) is 0 Å². The molecule has 0 saturated heterocycles. The van der Waals surface area contributed by atoms with E-state index in [1.54, 1.807) is 13.2 Å². The van der Waals surface area contributed by atoms with E-state index >= 15 is 0 Å². The molecule has 0 atom stereocenters. The topological polar surface area (TPSA) is 50.8 Å². The number of carbonyl (C=O) groups excluding carboxylic acids is 1. The molecule has 2 aromatic rings. The van der Waals surface area contributed by atoms with Crippen molar-refractivity contribution in [3.63, 3.8) is 0 Å². The molecule has 2 aromatic carbocycles. The summed E-state index contributed by atoms with van der Waals surface area (Å²) in [7, 11) is 1.59. The highest BCUT2D eigenvalue weighted by atomic mass is 35.5. The Morgan fingerprint density at radius 2 is 2.00 bits per heavy atom. The number of nitrogens with zero attached hydrogens (tertiary/aromatic N) is 1. The van der Waals surface area contributed by atoms with Gasteiger partial charge in [-0.2, -0.15) is 0 Å². The van der Waals surface area contributed by atoms with E-state index in [4.69, 9.17) is 21.1 Å². The van der Waals surface area contributed by atoms with Gasteiger partial charge in [-0.3, -0.25) is 9.69 Å². The van der Waals surface area contributed by atoms with Gasteiger partial charge in [-0.05, 0) is 43.3 Å². The highest BCUT2D eigenvalue weighted by molar-refractivity contribution is 6.30. The highest BCUT2D eigenvalue weighted by Gasteiger charge is 2.11. The van der Waals surface area contributed by atoms with Gasteiger partial charge in [0.25, 0.3) is 0 Å². The second-order valence-corrected chi connectivity index (χ2v) is 6.21.